The van der Waals surface area contributed by atoms with Gasteiger partial charge in [-0.1, -0.05) is 19.3 Å². The van der Waals surface area contributed by atoms with E-state index in [1.165, 1.54) is 29.9 Å². The van der Waals surface area contributed by atoms with Crippen LogP contribution in [0, 0.1) is 0 Å². The molecule has 7 nitrogen and oxygen atoms in total. The minimum absolute atomic E-state index is 0.0208. The fourth-order valence-electron chi connectivity index (χ4n) is 3.49. The summed E-state index contributed by atoms with van der Waals surface area (Å²) in [5, 5.41) is 3.12. The SMILES string of the molecule is Cn1ccc(C(=O)N2CCN(C(=O)NC3CCCCC3)CC2)cc1=O. The number of urea groups is 1. The van der Waals surface area contributed by atoms with E-state index in [1.54, 1.807) is 29.1 Å². The molecule has 3 rings (SSSR count). The Hall–Kier alpha value is -2.31. The Morgan fingerprint density at radius 3 is 2.32 bits per heavy atom. The van der Waals surface area contributed by atoms with Crippen molar-refractivity contribution in [1.29, 1.82) is 0 Å². The monoisotopic (exact) mass is 346 g/mol. The molecule has 136 valence electrons. The zero-order valence-corrected chi connectivity index (χ0v) is 14.7. The van der Waals surface area contributed by atoms with Gasteiger partial charge in [0, 0.05) is 57.1 Å². The topological polar surface area (TPSA) is 74.7 Å². The number of pyridine rings is 1. The predicted molar refractivity (Wildman–Crippen MR) is 94.6 cm³/mol. The van der Waals surface area contributed by atoms with E-state index in [0.717, 1.165) is 12.8 Å². The number of aryl methyl sites for hydroxylation is 1. The first-order valence-corrected chi connectivity index (χ1v) is 9.06. The molecule has 1 aromatic rings. The predicted octanol–water partition coefficient (Wildman–Crippen LogP) is 1.19. The van der Waals surface area contributed by atoms with Gasteiger partial charge in [-0.3, -0.25) is 9.59 Å². The maximum atomic E-state index is 12.5. The molecule has 0 bridgehead atoms. The zero-order chi connectivity index (χ0) is 17.8. The van der Waals surface area contributed by atoms with Crippen molar-refractivity contribution >= 4 is 11.9 Å². The molecule has 1 aromatic heterocycles. The Kier molecular flexibility index (Phi) is 5.40. The number of aromatic nitrogens is 1. The molecule has 1 saturated heterocycles. The second-order valence-corrected chi connectivity index (χ2v) is 6.93. The fraction of sp³-hybridized carbons (Fsp3) is 0.611. The number of nitrogens with one attached hydrogen (secondary N) is 1. The molecular formula is C18H26N4O3. The highest BCUT2D eigenvalue weighted by molar-refractivity contribution is 5.94. The maximum absolute atomic E-state index is 12.5. The Morgan fingerprint density at radius 1 is 1.04 bits per heavy atom. The molecule has 1 aliphatic heterocycles. The molecule has 2 aliphatic rings. The van der Waals surface area contributed by atoms with Crippen molar-refractivity contribution in [2.45, 2.75) is 38.1 Å². The molecule has 0 unspecified atom stereocenters. The summed E-state index contributed by atoms with van der Waals surface area (Å²) >= 11 is 0. The van der Waals surface area contributed by atoms with Crippen molar-refractivity contribution < 1.29 is 9.59 Å². The third-order valence-corrected chi connectivity index (χ3v) is 5.14. The van der Waals surface area contributed by atoms with Gasteiger partial charge in [-0.15, -0.1) is 0 Å². The summed E-state index contributed by atoms with van der Waals surface area (Å²) in [4.78, 5) is 40.1. The van der Waals surface area contributed by atoms with Crippen molar-refractivity contribution in [2.24, 2.45) is 7.05 Å². The van der Waals surface area contributed by atoms with Crippen LogP contribution in [0.4, 0.5) is 4.79 Å². The van der Waals surface area contributed by atoms with Gasteiger partial charge in [-0.2, -0.15) is 0 Å². The number of piperazine rings is 1. The van der Waals surface area contributed by atoms with Crippen LogP contribution in [0.1, 0.15) is 42.5 Å². The maximum Gasteiger partial charge on any atom is 0.317 e. The average molecular weight is 346 g/mol. The lowest BCUT2D eigenvalue weighted by molar-refractivity contribution is 0.0662. The lowest BCUT2D eigenvalue weighted by Gasteiger charge is -2.36. The molecule has 0 spiro atoms. The highest BCUT2D eigenvalue weighted by atomic mass is 16.2. The van der Waals surface area contributed by atoms with Crippen LogP contribution in [0.3, 0.4) is 0 Å². The van der Waals surface area contributed by atoms with Crippen LogP contribution in [0.25, 0.3) is 0 Å². The summed E-state index contributed by atoms with van der Waals surface area (Å²) in [6.45, 7) is 2.03. The summed E-state index contributed by atoms with van der Waals surface area (Å²) in [6.07, 6.45) is 7.35. The van der Waals surface area contributed by atoms with Gasteiger partial charge in [0.1, 0.15) is 0 Å². The molecule has 0 aromatic carbocycles. The first kappa shape index (κ1) is 17.5. The van der Waals surface area contributed by atoms with Gasteiger partial charge in [0.25, 0.3) is 11.5 Å². The van der Waals surface area contributed by atoms with E-state index in [4.69, 9.17) is 0 Å². The molecule has 25 heavy (non-hydrogen) atoms. The van der Waals surface area contributed by atoms with E-state index in [9.17, 15) is 14.4 Å². The smallest absolute Gasteiger partial charge is 0.317 e. The van der Waals surface area contributed by atoms with Gasteiger partial charge in [0.2, 0.25) is 0 Å². The number of hydrogen-bond acceptors (Lipinski definition) is 3. The van der Waals surface area contributed by atoms with Crippen molar-refractivity contribution in [3.63, 3.8) is 0 Å². The first-order valence-electron chi connectivity index (χ1n) is 9.06. The largest absolute Gasteiger partial charge is 0.335 e. The molecule has 2 heterocycles. The Balaban J connectivity index is 1.52. The Labute approximate surface area is 147 Å². The van der Waals surface area contributed by atoms with Crippen LogP contribution in [0.2, 0.25) is 0 Å². The van der Waals surface area contributed by atoms with Crippen molar-refractivity contribution in [1.82, 2.24) is 19.7 Å². The summed E-state index contributed by atoms with van der Waals surface area (Å²) in [6, 6.07) is 3.30. The van der Waals surface area contributed by atoms with E-state index < -0.39 is 0 Å². The Bertz CT molecular complexity index is 686. The zero-order valence-electron chi connectivity index (χ0n) is 14.7. The highest BCUT2D eigenvalue weighted by Gasteiger charge is 2.26. The number of rotatable bonds is 2. The van der Waals surface area contributed by atoms with Crippen LogP contribution in [-0.2, 0) is 7.05 Å². The lowest BCUT2D eigenvalue weighted by Crippen LogP contribution is -2.54. The van der Waals surface area contributed by atoms with Gasteiger partial charge in [-0.25, -0.2) is 4.79 Å². The van der Waals surface area contributed by atoms with Gasteiger partial charge < -0.3 is 19.7 Å². The number of nitrogens with zero attached hydrogens (tertiary/aromatic N) is 3. The van der Waals surface area contributed by atoms with Crippen LogP contribution < -0.4 is 10.9 Å². The molecular weight excluding hydrogens is 320 g/mol. The molecule has 0 radical (unpaired) electrons. The second kappa shape index (κ2) is 7.72. The molecule has 7 heteroatoms. The van der Waals surface area contributed by atoms with E-state index in [1.807, 2.05) is 0 Å². The van der Waals surface area contributed by atoms with Crippen molar-refractivity contribution in [3.05, 3.63) is 34.2 Å². The van der Waals surface area contributed by atoms with Crippen LogP contribution in [-0.4, -0.2) is 58.5 Å². The third-order valence-electron chi connectivity index (χ3n) is 5.14. The Morgan fingerprint density at radius 2 is 1.68 bits per heavy atom. The minimum Gasteiger partial charge on any atom is -0.335 e. The van der Waals surface area contributed by atoms with Gasteiger partial charge in [-0.05, 0) is 18.9 Å². The standard InChI is InChI=1S/C18H26N4O3/c1-20-8-7-14(13-16(20)23)17(24)21-9-11-22(12-10-21)18(25)19-15-5-3-2-4-6-15/h7-8,13,15H,2-6,9-12H2,1H3,(H,19,25). The van der Waals surface area contributed by atoms with E-state index >= 15 is 0 Å². The molecule has 2 fully saturated rings. The number of hydrogen-bond donors (Lipinski definition) is 1. The minimum atomic E-state index is -0.198. The second-order valence-electron chi connectivity index (χ2n) is 6.93. The van der Waals surface area contributed by atoms with Gasteiger partial charge >= 0.3 is 6.03 Å². The molecule has 1 N–H and O–H groups in total. The van der Waals surface area contributed by atoms with E-state index in [-0.39, 0.29) is 17.5 Å². The summed E-state index contributed by atoms with van der Waals surface area (Å²) in [5.41, 5.74) is 0.208. The third kappa shape index (κ3) is 4.21. The summed E-state index contributed by atoms with van der Waals surface area (Å²) in [7, 11) is 1.65. The average Bonchev–Trinajstić information content (AvgIpc) is 2.64. The van der Waals surface area contributed by atoms with Gasteiger partial charge in [0.15, 0.2) is 0 Å². The fourth-order valence-corrected chi connectivity index (χ4v) is 3.49. The first-order chi connectivity index (χ1) is 12.0. The summed E-state index contributed by atoms with van der Waals surface area (Å²) in [5.74, 6) is -0.148. The van der Waals surface area contributed by atoms with Gasteiger partial charge in [0.05, 0.1) is 0 Å². The quantitative estimate of drug-likeness (QED) is 0.874. The molecule has 1 aliphatic carbocycles. The number of amides is 3. The van der Waals surface area contributed by atoms with Crippen LogP contribution >= 0.6 is 0 Å². The molecule has 0 atom stereocenters. The van der Waals surface area contributed by atoms with Crippen LogP contribution in [0.15, 0.2) is 23.1 Å². The highest BCUT2D eigenvalue weighted by Crippen LogP contribution is 2.18. The lowest BCUT2D eigenvalue weighted by atomic mass is 9.96. The molecule has 1 saturated carbocycles. The van der Waals surface area contributed by atoms with Crippen molar-refractivity contribution in [3.8, 4) is 0 Å². The normalized spacial score (nSPS) is 18.9. The van der Waals surface area contributed by atoms with E-state index in [0.29, 0.717) is 37.8 Å². The summed E-state index contributed by atoms with van der Waals surface area (Å²) < 4.78 is 1.43. The molecule has 3 amide bonds. The number of carbonyl (C=O) groups is 2. The number of carbonyl (C=O) groups excluding carboxylic acids is 2. The van der Waals surface area contributed by atoms with Crippen LogP contribution in [0.5, 0.6) is 0 Å². The van der Waals surface area contributed by atoms with Crippen molar-refractivity contribution in [2.75, 3.05) is 26.2 Å². The van der Waals surface area contributed by atoms with E-state index in [2.05, 4.69) is 5.32 Å².